The van der Waals surface area contributed by atoms with Crippen molar-refractivity contribution in [3.63, 3.8) is 0 Å². The summed E-state index contributed by atoms with van der Waals surface area (Å²) in [5.74, 6) is 1.03. The molecule has 4 rings (SSSR count). The van der Waals surface area contributed by atoms with Crippen molar-refractivity contribution in [2.24, 2.45) is 0 Å². The van der Waals surface area contributed by atoms with Crippen molar-refractivity contribution < 1.29 is 9.84 Å². The number of phenols is 1. The number of aryl methyl sites for hydroxylation is 2. The summed E-state index contributed by atoms with van der Waals surface area (Å²) < 4.78 is 5.63. The number of hydrogen-bond acceptors (Lipinski definition) is 3. The summed E-state index contributed by atoms with van der Waals surface area (Å²) in [7, 11) is 0. The molecule has 3 nitrogen and oxygen atoms in total. The normalized spacial score (nSPS) is 19.3. The van der Waals surface area contributed by atoms with Crippen LogP contribution >= 0.6 is 0 Å². The molecule has 0 fully saturated rings. The van der Waals surface area contributed by atoms with Gasteiger partial charge in [-0.3, -0.25) is 0 Å². The quantitative estimate of drug-likeness (QED) is 0.876. The van der Waals surface area contributed by atoms with E-state index in [-0.39, 0.29) is 11.8 Å². The first-order valence-corrected chi connectivity index (χ1v) is 7.14. The van der Waals surface area contributed by atoms with E-state index in [4.69, 9.17) is 4.74 Å². The van der Waals surface area contributed by atoms with Gasteiger partial charge in [-0.1, -0.05) is 6.07 Å². The van der Waals surface area contributed by atoms with Crippen LogP contribution in [0.25, 0.3) is 0 Å². The average molecular weight is 267 g/mol. The second kappa shape index (κ2) is 4.44. The SMILES string of the molecule is Oc1ccc2c(c1)OCC2Nc1ccc2c(c1)CCC2. The van der Waals surface area contributed by atoms with Gasteiger partial charge < -0.3 is 15.2 Å². The minimum absolute atomic E-state index is 0.157. The molecule has 1 aliphatic carbocycles. The van der Waals surface area contributed by atoms with Crippen molar-refractivity contribution in [1.29, 1.82) is 0 Å². The lowest BCUT2D eigenvalue weighted by atomic mass is 10.1. The molecule has 0 spiro atoms. The summed E-state index contributed by atoms with van der Waals surface area (Å²) in [6.45, 7) is 0.607. The summed E-state index contributed by atoms with van der Waals surface area (Å²) in [4.78, 5) is 0. The Morgan fingerprint density at radius 1 is 1.05 bits per heavy atom. The van der Waals surface area contributed by atoms with E-state index >= 15 is 0 Å². The summed E-state index contributed by atoms with van der Waals surface area (Å²) in [5.41, 5.74) is 5.23. The molecule has 1 heterocycles. The van der Waals surface area contributed by atoms with E-state index in [0.29, 0.717) is 6.61 Å². The second-order valence-electron chi connectivity index (χ2n) is 5.57. The van der Waals surface area contributed by atoms with Crippen LogP contribution in [0, 0.1) is 0 Å². The van der Waals surface area contributed by atoms with Gasteiger partial charge in [-0.25, -0.2) is 0 Å². The molecule has 3 heteroatoms. The number of fused-ring (bicyclic) bond motifs is 2. The lowest BCUT2D eigenvalue weighted by Crippen LogP contribution is -2.12. The highest BCUT2D eigenvalue weighted by atomic mass is 16.5. The van der Waals surface area contributed by atoms with Crippen molar-refractivity contribution in [2.45, 2.75) is 25.3 Å². The van der Waals surface area contributed by atoms with E-state index < -0.39 is 0 Å². The van der Waals surface area contributed by atoms with Crippen LogP contribution < -0.4 is 10.1 Å². The van der Waals surface area contributed by atoms with Gasteiger partial charge in [0.25, 0.3) is 0 Å². The number of aromatic hydroxyl groups is 1. The number of anilines is 1. The van der Waals surface area contributed by atoms with Crippen LogP contribution in [-0.4, -0.2) is 11.7 Å². The molecule has 0 aromatic heterocycles. The predicted octanol–water partition coefficient (Wildman–Crippen LogP) is 3.43. The van der Waals surface area contributed by atoms with Gasteiger partial charge in [-0.2, -0.15) is 0 Å². The molecular formula is C17H17NO2. The molecule has 2 aromatic rings. The summed E-state index contributed by atoms with van der Waals surface area (Å²) in [6, 6.07) is 12.1. The summed E-state index contributed by atoms with van der Waals surface area (Å²) in [6.07, 6.45) is 3.67. The van der Waals surface area contributed by atoms with Gasteiger partial charge in [0, 0.05) is 17.3 Å². The minimum Gasteiger partial charge on any atom is -0.508 e. The fraction of sp³-hybridized carbons (Fsp3) is 0.294. The molecule has 0 radical (unpaired) electrons. The van der Waals surface area contributed by atoms with E-state index in [0.717, 1.165) is 17.0 Å². The molecule has 1 aliphatic heterocycles. The Bertz CT molecular complexity index is 666. The van der Waals surface area contributed by atoms with Crippen LogP contribution in [0.1, 0.15) is 29.2 Å². The Hall–Kier alpha value is -2.16. The highest BCUT2D eigenvalue weighted by Crippen LogP contribution is 2.37. The van der Waals surface area contributed by atoms with Crippen LogP contribution in [0.3, 0.4) is 0 Å². The first-order valence-electron chi connectivity index (χ1n) is 7.14. The van der Waals surface area contributed by atoms with Gasteiger partial charge >= 0.3 is 0 Å². The standard InChI is InChI=1S/C17H17NO2/c19-14-6-7-15-16(10-20-17(15)9-14)18-13-5-4-11-2-1-3-12(11)8-13/h4-9,16,18-19H,1-3,10H2. The highest BCUT2D eigenvalue weighted by molar-refractivity contribution is 5.54. The predicted molar refractivity (Wildman–Crippen MR) is 78.4 cm³/mol. The lowest BCUT2D eigenvalue weighted by molar-refractivity contribution is 0.338. The Kier molecular flexibility index (Phi) is 2.59. The molecule has 0 saturated carbocycles. The van der Waals surface area contributed by atoms with Crippen LogP contribution in [0.15, 0.2) is 36.4 Å². The third-order valence-corrected chi connectivity index (χ3v) is 4.22. The number of benzene rings is 2. The maximum atomic E-state index is 9.48. The zero-order valence-corrected chi connectivity index (χ0v) is 11.2. The average Bonchev–Trinajstić information content (AvgIpc) is 3.05. The molecule has 20 heavy (non-hydrogen) atoms. The zero-order valence-electron chi connectivity index (χ0n) is 11.2. The van der Waals surface area contributed by atoms with Crippen molar-refractivity contribution in [3.8, 4) is 11.5 Å². The van der Waals surface area contributed by atoms with Gasteiger partial charge in [0.15, 0.2) is 0 Å². The van der Waals surface area contributed by atoms with Gasteiger partial charge in [0.1, 0.15) is 18.1 Å². The fourth-order valence-corrected chi connectivity index (χ4v) is 3.18. The van der Waals surface area contributed by atoms with Crippen LogP contribution in [0.2, 0.25) is 0 Å². The Morgan fingerprint density at radius 3 is 2.90 bits per heavy atom. The molecular weight excluding hydrogens is 250 g/mol. The highest BCUT2D eigenvalue weighted by Gasteiger charge is 2.24. The number of nitrogens with one attached hydrogen (secondary N) is 1. The van der Waals surface area contributed by atoms with Crippen LogP contribution in [0.4, 0.5) is 5.69 Å². The smallest absolute Gasteiger partial charge is 0.128 e. The third kappa shape index (κ3) is 1.90. The number of ether oxygens (including phenoxy) is 1. The summed E-state index contributed by atoms with van der Waals surface area (Å²) >= 11 is 0. The van der Waals surface area contributed by atoms with Gasteiger partial charge in [-0.15, -0.1) is 0 Å². The van der Waals surface area contributed by atoms with Crippen molar-refractivity contribution in [1.82, 2.24) is 0 Å². The zero-order chi connectivity index (χ0) is 13.5. The Labute approximate surface area is 118 Å². The van der Waals surface area contributed by atoms with Gasteiger partial charge in [0.2, 0.25) is 0 Å². The molecule has 0 saturated heterocycles. The summed E-state index contributed by atoms with van der Waals surface area (Å²) in [5, 5.41) is 13.0. The molecule has 1 unspecified atom stereocenters. The van der Waals surface area contributed by atoms with Crippen LogP contribution in [-0.2, 0) is 12.8 Å². The molecule has 2 N–H and O–H groups in total. The van der Waals surface area contributed by atoms with Crippen LogP contribution in [0.5, 0.6) is 11.5 Å². The monoisotopic (exact) mass is 267 g/mol. The van der Waals surface area contributed by atoms with Crippen molar-refractivity contribution >= 4 is 5.69 Å². The first-order chi connectivity index (χ1) is 9.79. The first kappa shape index (κ1) is 11.6. The molecule has 2 aliphatic rings. The molecule has 102 valence electrons. The number of phenolic OH excluding ortho intramolecular Hbond substituents is 1. The second-order valence-corrected chi connectivity index (χ2v) is 5.57. The van der Waals surface area contributed by atoms with Gasteiger partial charge in [-0.05, 0) is 54.7 Å². The number of hydrogen-bond donors (Lipinski definition) is 2. The molecule has 0 bridgehead atoms. The lowest BCUT2D eigenvalue weighted by Gasteiger charge is -2.14. The third-order valence-electron chi connectivity index (χ3n) is 4.22. The maximum absolute atomic E-state index is 9.48. The number of rotatable bonds is 2. The van der Waals surface area contributed by atoms with E-state index in [1.807, 2.05) is 6.07 Å². The molecule has 0 amide bonds. The maximum Gasteiger partial charge on any atom is 0.128 e. The van der Waals surface area contributed by atoms with Crippen molar-refractivity contribution in [2.75, 3.05) is 11.9 Å². The largest absolute Gasteiger partial charge is 0.508 e. The minimum atomic E-state index is 0.157. The van der Waals surface area contributed by atoms with Crippen molar-refractivity contribution in [3.05, 3.63) is 53.1 Å². The van der Waals surface area contributed by atoms with E-state index in [1.54, 1.807) is 12.1 Å². The Balaban J connectivity index is 1.59. The van der Waals surface area contributed by atoms with E-state index in [9.17, 15) is 5.11 Å². The van der Waals surface area contributed by atoms with E-state index in [2.05, 4.69) is 23.5 Å². The Morgan fingerprint density at radius 2 is 1.95 bits per heavy atom. The van der Waals surface area contributed by atoms with E-state index in [1.165, 1.54) is 30.4 Å². The van der Waals surface area contributed by atoms with Gasteiger partial charge in [0.05, 0.1) is 6.04 Å². The molecule has 2 aromatic carbocycles. The molecule has 1 atom stereocenters. The fourth-order valence-electron chi connectivity index (χ4n) is 3.18. The topological polar surface area (TPSA) is 41.5 Å².